The van der Waals surface area contributed by atoms with Crippen LogP contribution in [-0.4, -0.2) is 46.7 Å². The Labute approximate surface area is 230 Å². The van der Waals surface area contributed by atoms with Gasteiger partial charge in [0.1, 0.15) is 11.6 Å². The second-order valence-electron chi connectivity index (χ2n) is 10.7. The third-order valence-corrected chi connectivity index (χ3v) is 7.23. The van der Waals surface area contributed by atoms with Crippen molar-refractivity contribution in [3.05, 3.63) is 95.6 Å². The SMILES string of the molecule is CN1CC(C)(C)c2[nH]c(-c3ccnc(NC(=O)[C@@H](CC(F)F)c4ccc(F)cc4)c3)c(-c3ccccc3)c2C1=O. The summed E-state index contributed by atoms with van der Waals surface area (Å²) >= 11 is 0. The zero-order chi connectivity index (χ0) is 28.6. The van der Waals surface area contributed by atoms with Gasteiger partial charge in [-0.25, -0.2) is 18.2 Å². The molecule has 0 bridgehead atoms. The first-order chi connectivity index (χ1) is 19.0. The van der Waals surface area contributed by atoms with Gasteiger partial charge in [-0.05, 0) is 35.4 Å². The first-order valence-corrected chi connectivity index (χ1v) is 12.9. The van der Waals surface area contributed by atoms with Crippen molar-refractivity contribution in [1.82, 2.24) is 14.9 Å². The van der Waals surface area contributed by atoms with E-state index in [1.807, 2.05) is 30.3 Å². The van der Waals surface area contributed by atoms with E-state index in [4.69, 9.17) is 0 Å². The summed E-state index contributed by atoms with van der Waals surface area (Å²) in [6, 6.07) is 17.9. The number of halogens is 3. The van der Waals surface area contributed by atoms with E-state index in [-0.39, 0.29) is 22.7 Å². The predicted octanol–water partition coefficient (Wildman–Crippen LogP) is 6.62. The maximum atomic E-state index is 13.4. The fraction of sp³-hybridized carbons (Fsp3) is 0.258. The average molecular weight is 547 g/mol. The van der Waals surface area contributed by atoms with Gasteiger partial charge in [-0.3, -0.25) is 9.59 Å². The Morgan fingerprint density at radius 3 is 2.42 bits per heavy atom. The Morgan fingerprint density at radius 2 is 1.75 bits per heavy atom. The molecule has 0 saturated carbocycles. The molecule has 6 nitrogen and oxygen atoms in total. The van der Waals surface area contributed by atoms with Gasteiger partial charge in [-0.15, -0.1) is 0 Å². The summed E-state index contributed by atoms with van der Waals surface area (Å²) < 4.78 is 40.2. The molecule has 40 heavy (non-hydrogen) atoms. The Hall–Kier alpha value is -4.40. The smallest absolute Gasteiger partial charge is 0.256 e. The maximum Gasteiger partial charge on any atom is 0.256 e. The Balaban J connectivity index is 1.56. The first kappa shape index (κ1) is 27.2. The minimum Gasteiger partial charge on any atom is -0.357 e. The number of aromatic nitrogens is 2. The lowest BCUT2D eigenvalue weighted by Crippen LogP contribution is -2.44. The van der Waals surface area contributed by atoms with E-state index in [0.717, 1.165) is 29.0 Å². The molecule has 206 valence electrons. The van der Waals surface area contributed by atoms with Crippen molar-refractivity contribution in [1.29, 1.82) is 0 Å². The number of anilines is 1. The number of benzene rings is 2. The van der Waals surface area contributed by atoms with Crippen molar-refractivity contribution in [2.24, 2.45) is 0 Å². The number of hydrogen-bond acceptors (Lipinski definition) is 3. The summed E-state index contributed by atoms with van der Waals surface area (Å²) in [4.78, 5) is 36.0. The maximum absolute atomic E-state index is 13.4. The quantitative estimate of drug-likeness (QED) is 0.273. The Kier molecular flexibility index (Phi) is 7.23. The van der Waals surface area contributed by atoms with Crippen molar-refractivity contribution in [2.75, 3.05) is 18.9 Å². The molecular weight excluding hydrogens is 517 g/mol. The number of amides is 2. The lowest BCUT2D eigenvalue weighted by molar-refractivity contribution is -0.118. The Bertz CT molecular complexity index is 1550. The molecule has 0 spiro atoms. The predicted molar refractivity (Wildman–Crippen MR) is 148 cm³/mol. The summed E-state index contributed by atoms with van der Waals surface area (Å²) in [6.45, 7) is 4.68. The van der Waals surface area contributed by atoms with Crippen molar-refractivity contribution in [3.63, 3.8) is 0 Å². The third kappa shape index (κ3) is 5.23. The van der Waals surface area contributed by atoms with Gasteiger partial charge in [0.2, 0.25) is 12.3 Å². The molecule has 0 unspecified atom stereocenters. The number of likely N-dealkylation sites (N-methyl/N-ethyl adjacent to an activating group) is 1. The van der Waals surface area contributed by atoms with Crippen LogP contribution >= 0.6 is 0 Å². The molecule has 2 aromatic heterocycles. The van der Waals surface area contributed by atoms with Crippen LogP contribution in [0.3, 0.4) is 0 Å². The molecule has 0 fully saturated rings. The minimum absolute atomic E-state index is 0.0904. The van der Waals surface area contributed by atoms with Gasteiger partial charge in [0, 0.05) is 48.4 Å². The molecule has 0 saturated heterocycles. The van der Waals surface area contributed by atoms with Crippen LogP contribution in [0.5, 0.6) is 0 Å². The number of aromatic amines is 1. The van der Waals surface area contributed by atoms with Gasteiger partial charge in [0.15, 0.2) is 0 Å². The molecule has 0 aliphatic carbocycles. The van der Waals surface area contributed by atoms with Gasteiger partial charge in [0.05, 0.1) is 17.2 Å². The molecule has 1 aliphatic rings. The summed E-state index contributed by atoms with van der Waals surface area (Å²) in [5.74, 6) is -2.32. The highest BCUT2D eigenvalue weighted by Gasteiger charge is 2.40. The van der Waals surface area contributed by atoms with Crippen molar-refractivity contribution in [3.8, 4) is 22.4 Å². The van der Waals surface area contributed by atoms with Gasteiger partial charge in [-0.1, -0.05) is 56.3 Å². The molecule has 3 heterocycles. The molecule has 5 rings (SSSR count). The topological polar surface area (TPSA) is 78.1 Å². The van der Waals surface area contributed by atoms with E-state index < -0.39 is 30.5 Å². The number of nitrogens with one attached hydrogen (secondary N) is 2. The minimum atomic E-state index is -2.74. The summed E-state index contributed by atoms with van der Waals surface area (Å²) in [5.41, 5.74) is 4.29. The third-order valence-electron chi connectivity index (χ3n) is 7.23. The van der Waals surface area contributed by atoms with Crippen LogP contribution in [0, 0.1) is 5.82 Å². The second kappa shape index (κ2) is 10.6. The van der Waals surface area contributed by atoms with E-state index in [1.165, 1.54) is 18.3 Å². The number of fused-ring (bicyclic) bond motifs is 1. The van der Waals surface area contributed by atoms with Gasteiger partial charge >= 0.3 is 0 Å². The van der Waals surface area contributed by atoms with E-state index >= 15 is 0 Å². The van der Waals surface area contributed by atoms with Crippen LogP contribution < -0.4 is 5.32 Å². The number of nitrogens with zero attached hydrogens (tertiary/aromatic N) is 2. The highest BCUT2D eigenvalue weighted by atomic mass is 19.3. The molecule has 1 atom stereocenters. The fourth-order valence-electron chi connectivity index (χ4n) is 5.40. The average Bonchev–Trinajstić information content (AvgIpc) is 3.34. The summed E-state index contributed by atoms with van der Waals surface area (Å²) in [7, 11) is 1.78. The standard InChI is InChI=1S/C31H29F3N4O2/c1-31(2)17-38(3)30(40)26-25(19-7-5-4-6-8-19)27(37-28(26)31)20-13-14-35-24(15-20)36-29(39)22(16-23(33)34)18-9-11-21(32)12-10-18/h4-15,22-23,37H,16-17H2,1-3H3,(H,35,36,39)/t22-/m0/s1. The highest BCUT2D eigenvalue weighted by molar-refractivity contribution is 6.07. The molecule has 4 aromatic rings. The molecule has 0 radical (unpaired) electrons. The van der Waals surface area contributed by atoms with Crippen LogP contribution in [0.4, 0.5) is 19.0 Å². The lowest BCUT2D eigenvalue weighted by atomic mass is 9.81. The molecule has 2 N–H and O–H groups in total. The van der Waals surface area contributed by atoms with Crippen molar-refractivity contribution >= 4 is 17.6 Å². The number of carbonyl (C=O) groups is 2. The lowest BCUT2D eigenvalue weighted by Gasteiger charge is -2.35. The van der Waals surface area contributed by atoms with Crippen LogP contribution in [0.15, 0.2) is 72.9 Å². The highest BCUT2D eigenvalue weighted by Crippen LogP contribution is 2.44. The van der Waals surface area contributed by atoms with E-state index in [0.29, 0.717) is 23.4 Å². The number of pyridine rings is 1. The number of carbonyl (C=O) groups excluding carboxylic acids is 2. The molecule has 1 aliphatic heterocycles. The monoisotopic (exact) mass is 546 g/mol. The number of H-pyrrole nitrogens is 1. The zero-order valence-electron chi connectivity index (χ0n) is 22.3. The van der Waals surface area contributed by atoms with Crippen molar-refractivity contribution < 1.29 is 22.8 Å². The van der Waals surface area contributed by atoms with Gasteiger partial charge in [-0.2, -0.15) is 0 Å². The van der Waals surface area contributed by atoms with Crippen molar-refractivity contribution in [2.45, 2.75) is 38.0 Å². The van der Waals surface area contributed by atoms with E-state index in [1.54, 1.807) is 24.1 Å². The van der Waals surface area contributed by atoms with E-state index in [9.17, 15) is 22.8 Å². The van der Waals surface area contributed by atoms with Gasteiger partial charge in [0.25, 0.3) is 5.91 Å². The zero-order valence-corrected chi connectivity index (χ0v) is 22.3. The number of alkyl halides is 2. The van der Waals surface area contributed by atoms with Crippen LogP contribution in [-0.2, 0) is 10.2 Å². The molecular formula is C31H29F3N4O2. The van der Waals surface area contributed by atoms with Crippen LogP contribution in [0.2, 0.25) is 0 Å². The fourth-order valence-corrected chi connectivity index (χ4v) is 5.40. The number of rotatable bonds is 7. The second-order valence-corrected chi connectivity index (χ2v) is 10.7. The normalized spacial score (nSPS) is 15.2. The number of hydrogen-bond donors (Lipinski definition) is 2. The summed E-state index contributed by atoms with van der Waals surface area (Å²) in [5, 5.41) is 2.66. The van der Waals surface area contributed by atoms with E-state index in [2.05, 4.69) is 29.1 Å². The molecule has 2 aromatic carbocycles. The Morgan fingerprint density at radius 1 is 1.05 bits per heavy atom. The molecule has 2 amide bonds. The largest absolute Gasteiger partial charge is 0.357 e. The van der Waals surface area contributed by atoms with Crippen LogP contribution in [0.1, 0.15) is 47.8 Å². The molecule has 9 heteroatoms. The van der Waals surface area contributed by atoms with Crippen LogP contribution in [0.25, 0.3) is 22.4 Å². The van der Waals surface area contributed by atoms with Gasteiger partial charge < -0.3 is 15.2 Å². The first-order valence-electron chi connectivity index (χ1n) is 12.9. The summed E-state index contributed by atoms with van der Waals surface area (Å²) in [6.07, 6.45) is -1.94.